The summed E-state index contributed by atoms with van der Waals surface area (Å²) < 4.78 is 10.7. The minimum atomic E-state index is 0.394. The molecular weight excluding hydrogens is 472 g/mol. The molecule has 0 aliphatic heterocycles. The number of nitrogens with zero attached hydrogens (tertiary/aromatic N) is 3. The van der Waals surface area contributed by atoms with Gasteiger partial charge in [0.15, 0.2) is 16.6 Å². The highest BCUT2D eigenvalue weighted by molar-refractivity contribution is 7.80. The van der Waals surface area contributed by atoms with E-state index in [2.05, 4.69) is 41.0 Å². The van der Waals surface area contributed by atoms with Crippen LogP contribution in [0.4, 0.5) is 11.8 Å². The number of aromatic nitrogens is 2. The third-order valence-corrected chi connectivity index (χ3v) is 7.39. The lowest BCUT2D eigenvalue weighted by Gasteiger charge is -2.31. The monoisotopic (exact) mass is 512 g/mol. The van der Waals surface area contributed by atoms with Gasteiger partial charge in [0.25, 0.3) is 0 Å². The van der Waals surface area contributed by atoms with E-state index in [4.69, 9.17) is 31.7 Å². The smallest absolute Gasteiger partial charge is 0.225 e. The van der Waals surface area contributed by atoms with Gasteiger partial charge in [-0.15, -0.1) is 0 Å². The molecule has 1 saturated carbocycles. The first kappa shape index (κ1) is 26.3. The SMILES string of the molecule is COc1ccc(CCNC(=S)NC2CCC(Nc3nc4c(c(N(C)C)n3)CCCC4)CC2)cc1OC. The Hall–Kier alpha value is -2.81. The molecule has 0 unspecified atom stereocenters. The summed E-state index contributed by atoms with van der Waals surface area (Å²) in [5.41, 5.74) is 3.73. The van der Waals surface area contributed by atoms with Crippen molar-refractivity contribution in [2.75, 3.05) is 45.1 Å². The van der Waals surface area contributed by atoms with E-state index in [9.17, 15) is 0 Å². The van der Waals surface area contributed by atoms with Crippen LogP contribution in [0.1, 0.15) is 55.3 Å². The zero-order valence-electron chi connectivity index (χ0n) is 22.0. The van der Waals surface area contributed by atoms with Gasteiger partial charge in [-0.1, -0.05) is 6.07 Å². The van der Waals surface area contributed by atoms with Crippen LogP contribution in [-0.2, 0) is 19.3 Å². The van der Waals surface area contributed by atoms with Gasteiger partial charge in [-0.05, 0) is 87.7 Å². The third kappa shape index (κ3) is 6.69. The van der Waals surface area contributed by atoms with Crippen LogP contribution in [0, 0.1) is 0 Å². The molecule has 0 saturated heterocycles. The van der Waals surface area contributed by atoms with Crippen molar-refractivity contribution >= 4 is 29.1 Å². The second-order valence-electron chi connectivity index (χ2n) is 9.93. The lowest BCUT2D eigenvalue weighted by Crippen LogP contribution is -2.45. The molecule has 9 heteroatoms. The molecule has 1 aromatic heterocycles. The first-order valence-electron chi connectivity index (χ1n) is 13.1. The minimum Gasteiger partial charge on any atom is -0.493 e. The quantitative estimate of drug-likeness (QED) is 0.434. The van der Waals surface area contributed by atoms with Crippen molar-refractivity contribution in [2.24, 2.45) is 0 Å². The Morgan fingerprint density at radius 2 is 1.72 bits per heavy atom. The highest BCUT2D eigenvalue weighted by atomic mass is 32.1. The van der Waals surface area contributed by atoms with Crippen molar-refractivity contribution in [3.8, 4) is 11.5 Å². The predicted molar refractivity (Wildman–Crippen MR) is 150 cm³/mol. The Morgan fingerprint density at radius 3 is 2.44 bits per heavy atom. The van der Waals surface area contributed by atoms with Gasteiger partial charge in [0.05, 0.1) is 19.9 Å². The Bertz CT molecular complexity index is 1040. The molecule has 0 amide bonds. The van der Waals surface area contributed by atoms with Crippen molar-refractivity contribution < 1.29 is 9.47 Å². The summed E-state index contributed by atoms with van der Waals surface area (Å²) in [5.74, 6) is 3.35. The number of nitrogens with one attached hydrogen (secondary N) is 3. The molecule has 0 atom stereocenters. The second kappa shape index (κ2) is 12.4. The standard InChI is InChI=1S/C27H40N6O2S/c1-33(2)25-21-7-5-6-8-22(21)31-26(32-25)29-19-10-12-20(13-11-19)30-27(36)28-16-15-18-9-14-23(34-3)24(17-18)35-4/h9,14,17,19-20H,5-8,10-13,15-16H2,1-4H3,(H2,28,30,36)(H,29,31,32). The van der Waals surface area contributed by atoms with Crippen LogP contribution in [0.15, 0.2) is 18.2 Å². The number of aryl methyl sites for hydroxylation is 1. The van der Waals surface area contributed by atoms with Gasteiger partial charge in [0.2, 0.25) is 5.95 Å². The third-order valence-electron chi connectivity index (χ3n) is 7.13. The first-order chi connectivity index (χ1) is 17.5. The summed E-state index contributed by atoms with van der Waals surface area (Å²) in [7, 11) is 7.45. The second-order valence-corrected chi connectivity index (χ2v) is 10.3. The molecule has 3 N–H and O–H groups in total. The lowest BCUT2D eigenvalue weighted by molar-refractivity contribution is 0.354. The van der Waals surface area contributed by atoms with Crippen LogP contribution in [0.2, 0.25) is 0 Å². The van der Waals surface area contributed by atoms with Gasteiger partial charge in [-0.25, -0.2) is 4.98 Å². The van der Waals surface area contributed by atoms with Gasteiger partial charge in [-0.3, -0.25) is 0 Å². The minimum absolute atomic E-state index is 0.394. The fourth-order valence-electron chi connectivity index (χ4n) is 5.17. The molecule has 1 fully saturated rings. The van der Waals surface area contributed by atoms with Gasteiger partial charge in [-0.2, -0.15) is 4.98 Å². The van der Waals surface area contributed by atoms with Crippen molar-refractivity contribution in [3.05, 3.63) is 35.0 Å². The number of anilines is 2. The molecule has 8 nitrogen and oxygen atoms in total. The zero-order valence-corrected chi connectivity index (χ0v) is 22.8. The van der Waals surface area contributed by atoms with E-state index in [0.29, 0.717) is 12.1 Å². The maximum atomic E-state index is 5.56. The fourth-order valence-corrected chi connectivity index (χ4v) is 5.44. The van der Waals surface area contributed by atoms with E-state index in [-0.39, 0.29) is 0 Å². The summed E-state index contributed by atoms with van der Waals surface area (Å²) in [5, 5.41) is 11.2. The summed E-state index contributed by atoms with van der Waals surface area (Å²) in [6, 6.07) is 6.80. The lowest BCUT2D eigenvalue weighted by atomic mass is 9.91. The molecule has 2 aliphatic rings. The van der Waals surface area contributed by atoms with Crippen LogP contribution < -0.4 is 30.3 Å². The molecule has 2 aromatic rings. The summed E-state index contributed by atoms with van der Waals surface area (Å²) in [6.07, 6.45) is 9.73. The van der Waals surface area contributed by atoms with Crippen molar-refractivity contribution in [1.82, 2.24) is 20.6 Å². The van der Waals surface area contributed by atoms with E-state index < -0.39 is 0 Å². The van der Waals surface area contributed by atoms with E-state index in [1.165, 1.54) is 29.7 Å². The Labute approximate surface area is 220 Å². The number of fused-ring (bicyclic) bond motifs is 1. The Morgan fingerprint density at radius 1 is 1.00 bits per heavy atom. The number of benzene rings is 1. The van der Waals surface area contributed by atoms with Crippen LogP contribution in [-0.4, -0.2) is 62.0 Å². The van der Waals surface area contributed by atoms with E-state index in [1.54, 1.807) is 14.2 Å². The number of thiocarbonyl (C=S) groups is 1. The number of hydrogen-bond donors (Lipinski definition) is 3. The molecule has 0 bridgehead atoms. The van der Waals surface area contributed by atoms with Crippen molar-refractivity contribution in [1.29, 1.82) is 0 Å². The molecule has 0 radical (unpaired) electrons. The maximum absolute atomic E-state index is 5.56. The maximum Gasteiger partial charge on any atom is 0.225 e. The normalized spacial score (nSPS) is 19.1. The van der Waals surface area contributed by atoms with Gasteiger partial charge in [0.1, 0.15) is 5.82 Å². The van der Waals surface area contributed by atoms with Crippen molar-refractivity contribution in [3.63, 3.8) is 0 Å². The average Bonchev–Trinajstić information content (AvgIpc) is 2.89. The molecule has 2 aliphatic carbocycles. The van der Waals surface area contributed by atoms with E-state index in [0.717, 1.165) is 79.9 Å². The molecule has 36 heavy (non-hydrogen) atoms. The van der Waals surface area contributed by atoms with E-state index in [1.807, 2.05) is 12.1 Å². The molecule has 196 valence electrons. The number of methoxy groups -OCH3 is 2. The summed E-state index contributed by atoms with van der Waals surface area (Å²) in [4.78, 5) is 11.9. The molecule has 0 spiro atoms. The number of hydrogen-bond acceptors (Lipinski definition) is 7. The highest BCUT2D eigenvalue weighted by Gasteiger charge is 2.24. The molecular formula is C27H40N6O2S. The molecule has 4 rings (SSSR count). The number of rotatable bonds is 9. The molecule has 1 heterocycles. The largest absolute Gasteiger partial charge is 0.493 e. The topological polar surface area (TPSA) is 83.6 Å². The van der Waals surface area contributed by atoms with E-state index >= 15 is 0 Å². The van der Waals surface area contributed by atoms with Gasteiger partial charge < -0.3 is 30.3 Å². The molecule has 1 aromatic carbocycles. The first-order valence-corrected chi connectivity index (χ1v) is 13.5. The average molecular weight is 513 g/mol. The number of ether oxygens (including phenoxy) is 2. The summed E-state index contributed by atoms with van der Waals surface area (Å²) >= 11 is 5.56. The van der Waals surface area contributed by atoms with Crippen LogP contribution in [0.3, 0.4) is 0 Å². The fraction of sp³-hybridized carbons (Fsp3) is 0.593. The van der Waals surface area contributed by atoms with Gasteiger partial charge in [0, 0.05) is 38.3 Å². The Kier molecular flexibility index (Phi) is 9.07. The summed E-state index contributed by atoms with van der Waals surface area (Å²) in [6.45, 7) is 0.766. The Balaban J connectivity index is 1.21. The zero-order chi connectivity index (χ0) is 25.5. The van der Waals surface area contributed by atoms with Gasteiger partial charge >= 0.3 is 0 Å². The highest BCUT2D eigenvalue weighted by Crippen LogP contribution is 2.30. The predicted octanol–water partition coefficient (Wildman–Crippen LogP) is 3.87. The van der Waals surface area contributed by atoms with Crippen LogP contribution in [0.25, 0.3) is 0 Å². The van der Waals surface area contributed by atoms with Crippen molar-refractivity contribution in [2.45, 2.75) is 69.9 Å². The van der Waals surface area contributed by atoms with Crippen LogP contribution in [0.5, 0.6) is 11.5 Å². The van der Waals surface area contributed by atoms with Crippen LogP contribution >= 0.6 is 12.2 Å².